The van der Waals surface area contributed by atoms with Crippen molar-refractivity contribution in [2.24, 2.45) is 11.7 Å². The SMILES string of the molecule is Cc1ccccc1CC(=O)N1CC(N)(C(C)C)C1. The van der Waals surface area contributed by atoms with Crippen LogP contribution in [0.2, 0.25) is 0 Å². The van der Waals surface area contributed by atoms with Crippen LogP contribution >= 0.6 is 0 Å². The van der Waals surface area contributed by atoms with E-state index in [2.05, 4.69) is 13.8 Å². The largest absolute Gasteiger partial charge is 0.339 e. The molecule has 0 bridgehead atoms. The summed E-state index contributed by atoms with van der Waals surface area (Å²) in [5, 5.41) is 0. The second kappa shape index (κ2) is 4.73. The molecule has 2 rings (SSSR count). The molecule has 0 aliphatic carbocycles. The molecule has 1 saturated heterocycles. The monoisotopic (exact) mass is 246 g/mol. The van der Waals surface area contributed by atoms with E-state index in [-0.39, 0.29) is 11.4 Å². The van der Waals surface area contributed by atoms with Crippen molar-refractivity contribution < 1.29 is 4.79 Å². The van der Waals surface area contributed by atoms with Crippen LogP contribution < -0.4 is 5.73 Å². The van der Waals surface area contributed by atoms with Crippen molar-refractivity contribution in [2.45, 2.75) is 32.7 Å². The fraction of sp³-hybridized carbons (Fsp3) is 0.533. The molecule has 2 N–H and O–H groups in total. The van der Waals surface area contributed by atoms with Gasteiger partial charge in [0.15, 0.2) is 0 Å². The average Bonchev–Trinajstić information content (AvgIpc) is 2.27. The summed E-state index contributed by atoms with van der Waals surface area (Å²) in [6, 6.07) is 8.04. The third-order valence-electron chi connectivity index (χ3n) is 4.08. The molecule has 0 spiro atoms. The maximum Gasteiger partial charge on any atom is 0.227 e. The van der Waals surface area contributed by atoms with Crippen molar-refractivity contribution in [2.75, 3.05) is 13.1 Å². The van der Waals surface area contributed by atoms with Gasteiger partial charge >= 0.3 is 0 Å². The van der Waals surface area contributed by atoms with E-state index in [1.54, 1.807) is 0 Å². The summed E-state index contributed by atoms with van der Waals surface area (Å²) in [5.41, 5.74) is 8.31. The first-order valence-electron chi connectivity index (χ1n) is 6.53. The number of amides is 1. The second-order valence-electron chi connectivity index (χ2n) is 5.74. The molecule has 3 nitrogen and oxygen atoms in total. The number of rotatable bonds is 3. The number of likely N-dealkylation sites (tertiary alicyclic amines) is 1. The van der Waals surface area contributed by atoms with E-state index in [9.17, 15) is 4.79 Å². The van der Waals surface area contributed by atoms with E-state index in [0.717, 1.165) is 5.56 Å². The minimum Gasteiger partial charge on any atom is -0.339 e. The third-order valence-corrected chi connectivity index (χ3v) is 4.08. The van der Waals surface area contributed by atoms with E-state index in [0.29, 0.717) is 25.4 Å². The van der Waals surface area contributed by atoms with Crippen LogP contribution in [0.4, 0.5) is 0 Å². The van der Waals surface area contributed by atoms with Crippen molar-refractivity contribution in [3.05, 3.63) is 35.4 Å². The number of aryl methyl sites for hydroxylation is 1. The molecule has 0 unspecified atom stereocenters. The maximum absolute atomic E-state index is 12.1. The lowest BCUT2D eigenvalue weighted by molar-refractivity contribution is -0.139. The van der Waals surface area contributed by atoms with Gasteiger partial charge in [0.2, 0.25) is 5.91 Å². The number of benzene rings is 1. The molecule has 1 aliphatic rings. The van der Waals surface area contributed by atoms with Crippen molar-refractivity contribution in [1.29, 1.82) is 0 Å². The molecule has 0 radical (unpaired) electrons. The van der Waals surface area contributed by atoms with Crippen LogP contribution in [0.15, 0.2) is 24.3 Å². The van der Waals surface area contributed by atoms with Crippen molar-refractivity contribution >= 4 is 5.91 Å². The van der Waals surface area contributed by atoms with Gasteiger partial charge < -0.3 is 10.6 Å². The van der Waals surface area contributed by atoms with Crippen LogP contribution in [0.25, 0.3) is 0 Å². The van der Waals surface area contributed by atoms with Gasteiger partial charge in [-0.05, 0) is 24.0 Å². The quantitative estimate of drug-likeness (QED) is 0.883. The Labute approximate surface area is 109 Å². The number of nitrogens with zero attached hydrogens (tertiary/aromatic N) is 1. The molecular formula is C15H22N2O. The lowest BCUT2D eigenvalue weighted by atomic mass is 9.80. The highest BCUT2D eigenvalue weighted by atomic mass is 16.2. The Kier molecular flexibility index (Phi) is 3.44. The number of carbonyl (C=O) groups excluding carboxylic acids is 1. The summed E-state index contributed by atoms with van der Waals surface area (Å²) < 4.78 is 0. The summed E-state index contributed by atoms with van der Waals surface area (Å²) in [6.07, 6.45) is 0.487. The summed E-state index contributed by atoms with van der Waals surface area (Å²) in [7, 11) is 0. The molecule has 1 amide bonds. The predicted octanol–water partition coefficient (Wildman–Crippen LogP) is 1.73. The Bertz CT molecular complexity index is 448. The van der Waals surface area contributed by atoms with Crippen molar-refractivity contribution in [1.82, 2.24) is 4.90 Å². The van der Waals surface area contributed by atoms with E-state index in [4.69, 9.17) is 5.73 Å². The van der Waals surface area contributed by atoms with Gasteiger partial charge in [0.05, 0.1) is 12.0 Å². The topological polar surface area (TPSA) is 46.3 Å². The molecule has 3 heteroatoms. The summed E-state index contributed by atoms with van der Waals surface area (Å²) in [5.74, 6) is 0.603. The van der Waals surface area contributed by atoms with Gasteiger partial charge in [-0.2, -0.15) is 0 Å². The summed E-state index contributed by atoms with van der Waals surface area (Å²) in [6.45, 7) is 7.65. The Morgan fingerprint density at radius 2 is 2.00 bits per heavy atom. The van der Waals surface area contributed by atoms with Gasteiger partial charge in [-0.15, -0.1) is 0 Å². The van der Waals surface area contributed by atoms with E-state index >= 15 is 0 Å². The summed E-state index contributed by atoms with van der Waals surface area (Å²) >= 11 is 0. The predicted molar refractivity (Wildman–Crippen MR) is 73.2 cm³/mol. The van der Waals surface area contributed by atoms with E-state index in [1.165, 1.54) is 5.56 Å². The molecule has 1 heterocycles. The Hall–Kier alpha value is -1.35. The van der Waals surface area contributed by atoms with Gasteiger partial charge in [0.25, 0.3) is 0 Å². The molecule has 1 aromatic rings. The zero-order chi connectivity index (χ0) is 13.3. The lowest BCUT2D eigenvalue weighted by Crippen LogP contribution is -2.71. The summed E-state index contributed by atoms with van der Waals surface area (Å²) in [4.78, 5) is 14.0. The van der Waals surface area contributed by atoms with Crippen LogP contribution in [0.3, 0.4) is 0 Å². The highest BCUT2D eigenvalue weighted by Gasteiger charge is 2.43. The highest BCUT2D eigenvalue weighted by molar-refractivity contribution is 5.80. The number of nitrogens with two attached hydrogens (primary N) is 1. The maximum atomic E-state index is 12.1. The molecule has 0 atom stereocenters. The zero-order valence-electron chi connectivity index (χ0n) is 11.4. The van der Waals surface area contributed by atoms with Crippen LogP contribution in [0.1, 0.15) is 25.0 Å². The van der Waals surface area contributed by atoms with Gasteiger partial charge in [0.1, 0.15) is 0 Å². The first-order chi connectivity index (χ1) is 8.42. The van der Waals surface area contributed by atoms with Crippen LogP contribution in [-0.2, 0) is 11.2 Å². The minimum absolute atomic E-state index is 0.179. The molecule has 1 fully saturated rings. The Morgan fingerprint density at radius 3 is 2.56 bits per heavy atom. The third kappa shape index (κ3) is 2.41. The van der Waals surface area contributed by atoms with Gasteiger partial charge in [-0.1, -0.05) is 38.1 Å². The Morgan fingerprint density at radius 1 is 1.39 bits per heavy atom. The van der Waals surface area contributed by atoms with Gasteiger partial charge in [0, 0.05) is 13.1 Å². The highest BCUT2D eigenvalue weighted by Crippen LogP contribution is 2.26. The second-order valence-corrected chi connectivity index (χ2v) is 5.74. The van der Waals surface area contributed by atoms with Crippen LogP contribution in [0, 0.1) is 12.8 Å². The lowest BCUT2D eigenvalue weighted by Gasteiger charge is -2.50. The molecule has 18 heavy (non-hydrogen) atoms. The average molecular weight is 246 g/mol. The van der Waals surface area contributed by atoms with Gasteiger partial charge in [-0.25, -0.2) is 0 Å². The van der Waals surface area contributed by atoms with Crippen molar-refractivity contribution in [3.8, 4) is 0 Å². The normalized spacial score (nSPS) is 17.7. The molecule has 0 aromatic heterocycles. The number of carbonyl (C=O) groups is 1. The van der Waals surface area contributed by atoms with Gasteiger partial charge in [-0.3, -0.25) is 4.79 Å². The smallest absolute Gasteiger partial charge is 0.227 e. The Balaban J connectivity index is 1.94. The first-order valence-corrected chi connectivity index (χ1v) is 6.53. The number of hydrogen-bond acceptors (Lipinski definition) is 2. The van der Waals surface area contributed by atoms with E-state index < -0.39 is 0 Å². The zero-order valence-corrected chi connectivity index (χ0v) is 11.4. The fourth-order valence-corrected chi connectivity index (χ4v) is 2.29. The molecule has 98 valence electrons. The molecular weight excluding hydrogens is 224 g/mol. The first kappa shape index (κ1) is 13.1. The van der Waals surface area contributed by atoms with E-state index in [1.807, 2.05) is 36.1 Å². The molecule has 0 saturated carbocycles. The minimum atomic E-state index is -0.179. The number of hydrogen-bond donors (Lipinski definition) is 1. The van der Waals surface area contributed by atoms with Crippen LogP contribution in [0.5, 0.6) is 0 Å². The molecule has 1 aliphatic heterocycles. The molecule has 1 aromatic carbocycles. The fourth-order valence-electron chi connectivity index (χ4n) is 2.29. The standard InChI is InChI=1S/C15H22N2O/c1-11(2)15(16)9-17(10-15)14(18)8-13-7-5-4-6-12(13)3/h4-7,11H,8-10,16H2,1-3H3. The van der Waals surface area contributed by atoms with Crippen molar-refractivity contribution in [3.63, 3.8) is 0 Å². The van der Waals surface area contributed by atoms with Crippen LogP contribution in [-0.4, -0.2) is 29.4 Å².